The fraction of sp³-hybridized carbons (Fsp3) is 0.463. The van der Waals surface area contributed by atoms with Crippen molar-refractivity contribution in [3.8, 4) is 5.75 Å². The zero-order valence-corrected chi connectivity index (χ0v) is 32.3. The molecule has 3 heterocycles. The first-order valence-corrected chi connectivity index (χ1v) is 19.5. The van der Waals surface area contributed by atoms with Gasteiger partial charge in [0.25, 0.3) is 5.91 Å². The number of carbonyl (C=O) groups excluding carboxylic acids is 4. The van der Waals surface area contributed by atoms with Crippen molar-refractivity contribution < 1.29 is 28.3 Å². The van der Waals surface area contributed by atoms with E-state index in [0.29, 0.717) is 62.2 Å². The number of benzene rings is 3. The number of nitrogens with one attached hydrogen (secondary N) is 3. The van der Waals surface area contributed by atoms with Crippen LogP contribution >= 0.6 is 11.6 Å². The normalized spacial score (nSPS) is 16.5. The van der Waals surface area contributed by atoms with Gasteiger partial charge in [-0.2, -0.15) is 0 Å². The van der Waals surface area contributed by atoms with Crippen molar-refractivity contribution in [2.75, 3.05) is 69.1 Å². The highest BCUT2D eigenvalue weighted by molar-refractivity contribution is 6.19. The Balaban J connectivity index is 1.15. The molecule has 54 heavy (non-hydrogen) atoms. The topological polar surface area (TPSA) is 136 Å². The molecule has 2 aliphatic heterocycles. The number of amides is 3. The van der Waals surface area contributed by atoms with Gasteiger partial charge in [-0.1, -0.05) is 51.5 Å². The van der Waals surface area contributed by atoms with E-state index >= 15 is 0 Å². The molecular formula is C41H51ClN6O6. The van der Waals surface area contributed by atoms with Crippen molar-refractivity contribution in [3.05, 3.63) is 65.9 Å². The quantitative estimate of drug-likeness (QED) is 0.0910. The van der Waals surface area contributed by atoms with E-state index in [1.165, 1.54) is 0 Å². The summed E-state index contributed by atoms with van der Waals surface area (Å²) in [6.07, 6.45) is 2.11. The fourth-order valence-corrected chi connectivity index (χ4v) is 7.50. The van der Waals surface area contributed by atoms with Gasteiger partial charge in [-0.3, -0.25) is 19.7 Å². The Morgan fingerprint density at radius 2 is 1.74 bits per heavy atom. The first-order chi connectivity index (χ1) is 26.1. The number of rotatable bonds is 15. The second-order valence-electron chi connectivity index (χ2n) is 14.6. The average Bonchev–Trinajstić information content (AvgIpc) is 3.77. The molecule has 12 nitrogen and oxygen atoms in total. The van der Waals surface area contributed by atoms with Crippen LogP contribution in [-0.2, 0) is 9.59 Å². The molecule has 0 aliphatic carbocycles. The number of alkyl halides is 1. The van der Waals surface area contributed by atoms with Crippen molar-refractivity contribution in [1.29, 1.82) is 0 Å². The van der Waals surface area contributed by atoms with Gasteiger partial charge in [0, 0.05) is 86.4 Å². The van der Waals surface area contributed by atoms with Crippen LogP contribution < -0.4 is 25.6 Å². The van der Waals surface area contributed by atoms with E-state index in [1.807, 2.05) is 70.3 Å². The lowest BCUT2D eigenvalue weighted by Gasteiger charge is -2.31. The number of hydrogen-bond acceptors (Lipinski definition) is 9. The number of Topliss-reactive ketones (excluding diaryl/α,β-unsaturated/α-hetero) is 1. The molecular weight excluding hydrogens is 708 g/mol. The largest absolute Gasteiger partial charge is 0.451 e. The Morgan fingerprint density at radius 3 is 2.46 bits per heavy atom. The van der Waals surface area contributed by atoms with Crippen molar-refractivity contribution >= 4 is 68.4 Å². The van der Waals surface area contributed by atoms with Gasteiger partial charge in [-0.05, 0) is 54.6 Å². The highest BCUT2D eigenvalue weighted by atomic mass is 35.5. The molecule has 1 fully saturated rings. The Hall–Kier alpha value is -4.65. The van der Waals surface area contributed by atoms with E-state index in [-0.39, 0.29) is 47.7 Å². The number of ketones is 1. The van der Waals surface area contributed by atoms with Crippen LogP contribution in [0, 0.1) is 5.92 Å². The van der Waals surface area contributed by atoms with Gasteiger partial charge < -0.3 is 34.5 Å². The fourth-order valence-electron chi connectivity index (χ4n) is 7.25. The lowest BCUT2D eigenvalue weighted by molar-refractivity contribution is -0.122. The predicted molar refractivity (Wildman–Crippen MR) is 213 cm³/mol. The molecule has 0 spiro atoms. The summed E-state index contributed by atoms with van der Waals surface area (Å²) in [5, 5.41) is 11.9. The van der Waals surface area contributed by atoms with E-state index in [1.54, 1.807) is 21.9 Å². The van der Waals surface area contributed by atoms with E-state index in [2.05, 4.69) is 20.9 Å². The molecule has 6 rings (SSSR count). The average molecular weight is 759 g/mol. The molecule has 2 atom stereocenters. The second-order valence-corrected chi connectivity index (χ2v) is 14.9. The minimum Gasteiger partial charge on any atom is -0.451 e. The number of nitrogens with zero attached hydrogens (tertiary/aromatic N) is 3. The van der Waals surface area contributed by atoms with E-state index in [4.69, 9.17) is 20.8 Å². The monoisotopic (exact) mass is 758 g/mol. The number of furan rings is 1. The molecule has 1 saturated heterocycles. The van der Waals surface area contributed by atoms with Gasteiger partial charge in [0.1, 0.15) is 11.3 Å². The smallest absolute Gasteiger partial charge is 0.415 e. The van der Waals surface area contributed by atoms with Gasteiger partial charge in [-0.15, -0.1) is 11.6 Å². The van der Waals surface area contributed by atoms with Crippen molar-refractivity contribution in [2.45, 2.75) is 58.4 Å². The molecule has 0 bridgehead atoms. The third-order valence-electron chi connectivity index (χ3n) is 10.3. The van der Waals surface area contributed by atoms with E-state index in [0.717, 1.165) is 53.3 Å². The van der Waals surface area contributed by atoms with Crippen LogP contribution in [0.5, 0.6) is 5.75 Å². The first-order valence-electron chi connectivity index (χ1n) is 19.0. The molecule has 288 valence electrons. The molecule has 0 saturated carbocycles. The summed E-state index contributed by atoms with van der Waals surface area (Å²) in [4.78, 5) is 57.9. The number of ether oxygens (including phenoxy) is 1. The number of hydrogen-bond donors (Lipinski definition) is 3. The lowest BCUT2D eigenvalue weighted by Crippen LogP contribution is -2.48. The lowest BCUT2D eigenvalue weighted by atomic mass is 9.95. The highest BCUT2D eigenvalue weighted by Gasteiger charge is 2.37. The SMILES string of the molecule is CCCCC(=O)NCCC(=O)[C@@H](NCNc1ccc2oc(C(=O)N3C[C@@H](CCl)c4c3cc(OC(=O)N3CCN(C)CC3)c3ccccc43)cc2c1)C(C)C. The molecule has 2 aliphatic rings. The predicted octanol–water partition coefficient (Wildman–Crippen LogP) is 6.56. The van der Waals surface area contributed by atoms with Crippen LogP contribution in [0.1, 0.15) is 68.5 Å². The summed E-state index contributed by atoms with van der Waals surface area (Å²) in [6.45, 7) is 9.74. The van der Waals surface area contributed by atoms with Crippen LogP contribution in [-0.4, -0.2) is 98.4 Å². The minimum absolute atomic E-state index is 0.0215. The molecule has 4 aromatic rings. The maximum absolute atomic E-state index is 14.2. The summed E-state index contributed by atoms with van der Waals surface area (Å²) < 4.78 is 12.1. The van der Waals surface area contributed by atoms with Crippen molar-refractivity contribution in [1.82, 2.24) is 20.4 Å². The van der Waals surface area contributed by atoms with Crippen LogP contribution in [0.4, 0.5) is 16.2 Å². The number of carbonyl (C=O) groups is 4. The van der Waals surface area contributed by atoms with Crippen LogP contribution in [0.15, 0.2) is 59.0 Å². The van der Waals surface area contributed by atoms with Crippen molar-refractivity contribution in [3.63, 3.8) is 0 Å². The number of anilines is 2. The van der Waals surface area contributed by atoms with Gasteiger partial charge >= 0.3 is 6.09 Å². The molecule has 0 unspecified atom stereocenters. The maximum atomic E-state index is 14.2. The Morgan fingerprint density at radius 1 is 0.981 bits per heavy atom. The number of piperazine rings is 1. The first kappa shape index (κ1) is 39.1. The number of unbranched alkanes of at least 4 members (excludes halogenated alkanes) is 1. The zero-order chi connectivity index (χ0) is 38.4. The van der Waals surface area contributed by atoms with Crippen molar-refractivity contribution in [2.24, 2.45) is 5.92 Å². The van der Waals surface area contributed by atoms with Gasteiger partial charge in [0.2, 0.25) is 5.91 Å². The summed E-state index contributed by atoms with van der Waals surface area (Å²) in [5.74, 6) is 0.523. The summed E-state index contributed by atoms with van der Waals surface area (Å²) in [7, 11) is 2.03. The van der Waals surface area contributed by atoms with E-state index in [9.17, 15) is 19.2 Å². The standard InChI is InChI=1S/C41H51ClN6O6/c1-5-6-11-37(50)43-15-14-33(49)39(26(2)3)45-25-44-29-12-13-34-27(20-29)21-36(53-34)40(51)48-24-28(23-42)38-31-10-8-7-9-30(31)35(22-32(38)48)54-41(52)47-18-16-46(4)17-19-47/h7-10,12-13,20-22,26,28,39,44-45H,5-6,11,14-19,23-25H2,1-4H3,(H,43,50)/t28-,39+/m1/s1. The van der Waals surface area contributed by atoms with Gasteiger partial charge in [0.05, 0.1) is 18.4 Å². The molecule has 3 N–H and O–H groups in total. The molecule has 13 heteroatoms. The second kappa shape index (κ2) is 17.7. The molecule has 1 aromatic heterocycles. The third kappa shape index (κ3) is 8.83. The van der Waals surface area contributed by atoms with Crippen LogP contribution in [0.3, 0.4) is 0 Å². The third-order valence-corrected chi connectivity index (χ3v) is 10.7. The van der Waals surface area contributed by atoms with Crippen LogP contribution in [0.2, 0.25) is 0 Å². The maximum Gasteiger partial charge on any atom is 0.415 e. The van der Waals surface area contributed by atoms with E-state index < -0.39 is 6.09 Å². The van der Waals surface area contributed by atoms with Gasteiger partial charge in [-0.25, -0.2) is 4.79 Å². The Labute approximate surface area is 321 Å². The summed E-state index contributed by atoms with van der Waals surface area (Å²) in [5.41, 5.74) is 2.94. The highest BCUT2D eigenvalue weighted by Crippen LogP contribution is 2.46. The number of likely N-dealkylation sites (N-methyl/N-ethyl adjacent to an activating group) is 1. The minimum atomic E-state index is -0.413. The number of fused-ring (bicyclic) bond motifs is 4. The summed E-state index contributed by atoms with van der Waals surface area (Å²) >= 11 is 6.51. The molecule has 3 aromatic carbocycles. The molecule has 0 radical (unpaired) electrons. The number of halogens is 1. The Kier molecular flexibility index (Phi) is 12.8. The zero-order valence-electron chi connectivity index (χ0n) is 31.6. The molecule has 3 amide bonds. The van der Waals surface area contributed by atoms with Gasteiger partial charge in [0.15, 0.2) is 11.5 Å². The summed E-state index contributed by atoms with van der Waals surface area (Å²) in [6, 6.07) is 16.5. The Bertz CT molecular complexity index is 1990. The van der Waals surface area contributed by atoms with Crippen LogP contribution in [0.25, 0.3) is 21.7 Å².